The number of rotatable bonds is 2. The van der Waals surface area contributed by atoms with Crippen molar-refractivity contribution in [3.63, 3.8) is 0 Å². The predicted octanol–water partition coefficient (Wildman–Crippen LogP) is 3.24. The molecule has 0 unspecified atom stereocenters. The Morgan fingerprint density at radius 3 is 2.61 bits per heavy atom. The molecule has 23 heavy (non-hydrogen) atoms. The van der Waals surface area contributed by atoms with Gasteiger partial charge in [-0.05, 0) is 44.9 Å². The Morgan fingerprint density at radius 1 is 1.39 bits per heavy atom. The third-order valence-corrected chi connectivity index (χ3v) is 8.35. The van der Waals surface area contributed by atoms with E-state index in [4.69, 9.17) is 4.74 Å². The van der Waals surface area contributed by atoms with Gasteiger partial charge in [0, 0.05) is 22.9 Å². The molecule has 0 saturated heterocycles. The lowest BCUT2D eigenvalue weighted by molar-refractivity contribution is 0.0293. The molecule has 1 aromatic carbocycles. The van der Waals surface area contributed by atoms with Crippen LogP contribution in [0.5, 0.6) is 0 Å². The van der Waals surface area contributed by atoms with Gasteiger partial charge in [-0.25, -0.2) is 12.8 Å². The number of ether oxygens (including phenoxy) is 1. The maximum Gasteiger partial charge on any atom is 0.164 e. The summed E-state index contributed by atoms with van der Waals surface area (Å²) in [7, 11) is -1.87. The lowest BCUT2D eigenvalue weighted by Gasteiger charge is -2.50. The van der Waals surface area contributed by atoms with E-state index in [1.165, 1.54) is 6.07 Å². The van der Waals surface area contributed by atoms with Crippen LogP contribution in [-0.2, 0) is 20.1 Å². The second kappa shape index (κ2) is 5.36. The summed E-state index contributed by atoms with van der Waals surface area (Å²) in [6.07, 6.45) is 0.804. The van der Waals surface area contributed by atoms with Crippen LogP contribution in [0.2, 0.25) is 0 Å². The molecule has 1 saturated carbocycles. The van der Waals surface area contributed by atoms with Crippen molar-refractivity contribution in [1.82, 2.24) is 0 Å². The van der Waals surface area contributed by atoms with Crippen LogP contribution < -0.4 is 0 Å². The van der Waals surface area contributed by atoms with Crippen LogP contribution in [0.3, 0.4) is 0 Å². The Balaban J connectivity index is 2.10. The summed E-state index contributed by atoms with van der Waals surface area (Å²) >= 11 is 3.31. The highest BCUT2D eigenvalue weighted by Crippen LogP contribution is 2.49. The van der Waals surface area contributed by atoms with E-state index in [2.05, 4.69) is 20.9 Å². The van der Waals surface area contributed by atoms with Crippen LogP contribution in [0.4, 0.5) is 4.39 Å². The number of aliphatic imine (C=N–C) groups is 1. The van der Waals surface area contributed by atoms with Crippen molar-refractivity contribution in [3.8, 4) is 0 Å². The molecule has 1 aromatic rings. The fraction of sp³-hybridized carbons (Fsp3) is 0.562. The number of hydrogen-bond acceptors (Lipinski definition) is 4. The molecule has 0 amide bonds. The molecule has 0 N–H and O–H groups in total. The summed E-state index contributed by atoms with van der Waals surface area (Å²) in [4.78, 5) is 4.65. The van der Waals surface area contributed by atoms with Gasteiger partial charge in [-0.2, -0.15) is 0 Å². The van der Waals surface area contributed by atoms with Crippen molar-refractivity contribution in [3.05, 3.63) is 34.1 Å². The van der Waals surface area contributed by atoms with Crippen molar-refractivity contribution in [2.45, 2.75) is 43.1 Å². The smallest absolute Gasteiger partial charge is 0.164 e. The standard InChI is InChI=1S/C16H19BrFNO3S/c1-10-16(7-12(8-16)22-3)23(20,21)9-15(2,19-10)13-6-11(17)4-5-14(13)18/h4-6,12H,7-9H2,1-3H3/t12-,15-,16-/m0/s1. The van der Waals surface area contributed by atoms with Gasteiger partial charge in [0.25, 0.3) is 0 Å². The van der Waals surface area contributed by atoms with Crippen molar-refractivity contribution >= 4 is 31.5 Å². The third kappa shape index (κ3) is 2.48. The highest BCUT2D eigenvalue weighted by molar-refractivity contribution is 9.10. The molecular formula is C16H19BrFNO3S. The molecule has 1 aliphatic carbocycles. The zero-order chi connectivity index (χ0) is 17.0. The zero-order valence-corrected chi connectivity index (χ0v) is 15.7. The number of benzene rings is 1. The van der Waals surface area contributed by atoms with E-state index in [9.17, 15) is 12.8 Å². The maximum atomic E-state index is 14.3. The predicted molar refractivity (Wildman–Crippen MR) is 91.1 cm³/mol. The van der Waals surface area contributed by atoms with Crippen LogP contribution in [0.15, 0.2) is 27.7 Å². The highest BCUT2D eigenvalue weighted by atomic mass is 79.9. The van der Waals surface area contributed by atoms with E-state index in [0.717, 1.165) is 0 Å². The van der Waals surface area contributed by atoms with Gasteiger partial charge < -0.3 is 4.74 Å². The molecule has 3 rings (SSSR count). The topological polar surface area (TPSA) is 55.7 Å². The largest absolute Gasteiger partial charge is 0.381 e. The van der Waals surface area contributed by atoms with Gasteiger partial charge in [-0.3, -0.25) is 4.99 Å². The Bertz CT molecular complexity index is 787. The van der Waals surface area contributed by atoms with E-state index in [1.54, 1.807) is 33.1 Å². The quantitative estimate of drug-likeness (QED) is 0.761. The van der Waals surface area contributed by atoms with Crippen LogP contribution in [0.1, 0.15) is 32.3 Å². The Labute approximate surface area is 144 Å². The summed E-state index contributed by atoms with van der Waals surface area (Å²) in [5.74, 6) is -0.636. The molecule has 1 spiro atoms. The number of methoxy groups -OCH3 is 1. The Kier molecular flexibility index (Phi) is 3.97. The molecule has 1 fully saturated rings. The average molecular weight is 404 g/mol. The molecule has 0 radical (unpaired) electrons. The highest BCUT2D eigenvalue weighted by Gasteiger charge is 2.60. The molecule has 1 heterocycles. The zero-order valence-electron chi connectivity index (χ0n) is 13.3. The van der Waals surface area contributed by atoms with Gasteiger partial charge in [0.05, 0.1) is 17.4 Å². The molecule has 0 aromatic heterocycles. The molecule has 1 aliphatic heterocycles. The number of hydrogen-bond donors (Lipinski definition) is 0. The fourth-order valence-electron chi connectivity index (χ4n) is 3.68. The molecule has 1 atom stereocenters. The van der Waals surface area contributed by atoms with Gasteiger partial charge in [-0.1, -0.05) is 15.9 Å². The first-order chi connectivity index (χ1) is 10.6. The van der Waals surface area contributed by atoms with Crippen molar-refractivity contribution < 1.29 is 17.5 Å². The minimum atomic E-state index is -3.46. The second-order valence-electron chi connectivity index (χ2n) is 6.61. The average Bonchev–Trinajstić information content (AvgIpc) is 2.38. The normalized spacial score (nSPS) is 35.7. The molecule has 7 heteroatoms. The van der Waals surface area contributed by atoms with E-state index in [-0.39, 0.29) is 11.9 Å². The van der Waals surface area contributed by atoms with Gasteiger partial charge in [0.15, 0.2) is 9.84 Å². The van der Waals surface area contributed by atoms with Crippen LogP contribution >= 0.6 is 15.9 Å². The monoisotopic (exact) mass is 403 g/mol. The summed E-state index contributed by atoms with van der Waals surface area (Å²) in [5.41, 5.74) is -0.258. The molecular weight excluding hydrogens is 385 g/mol. The molecule has 0 bridgehead atoms. The van der Waals surface area contributed by atoms with Gasteiger partial charge in [0.1, 0.15) is 10.6 Å². The lowest BCUT2D eigenvalue weighted by atomic mass is 9.77. The first kappa shape index (κ1) is 17.0. The lowest BCUT2D eigenvalue weighted by Crippen LogP contribution is -2.63. The van der Waals surface area contributed by atoms with E-state index in [0.29, 0.717) is 28.6 Å². The first-order valence-corrected chi connectivity index (χ1v) is 9.86. The van der Waals surface area contributed by atoms with Crippen LogP contribution in [-0.4, -0.2) is 37.8 Å². The minimum Gasteiger partial charge on any atom is -0.381 e. The minimum absolute atomic E-state index is 0.0538. The number of sulfone groups is 1. The molecule has 4 nitrogen and oxygen atoms in total. The molecule has 126 valence electrons. The molecule has 2 aliphatic rings. The van der Waals surface area contributed by atoms with Gasteiger partial charge >= 0.3 is 0 Å². The maximum absolute atomic E-state index is 14.3. The number of halogens is 2. The second-order valence-corrected chi connectivity index (χ2v) is 9.83. The van der Waals surface area contributed by atoms with Crippen molar-refractivity contribution in [2.75, 3.05) is 12.9 Å². The Morgan fingerprint density at radius 2 is 2.04 bits per heavy atom. The van der Waals surface area contributed by atoms with Crippen LogP contribution in [0, 0.1) is 5.82 Å². The van der Waals surface area contributed by atoms with Gasteiger partial charge in [-0.15, -0.1) is 0 Å². The summed E-state index contributed by atoms with van der Waals surface area (Å²) in [6.45, 7) is 3.41. The van der Waals surface area contributed by atoms with E-state index < -0.39 is 25.9 Å². The summed E-state index contributed by atoms with van der Waals surface area (Å²) in [5, 5.41) is 0. The van der Waals surface area contributed by atoms with Crippen molar-refractivity contribution in [1.29, 1.82) is 0 Å². The summed E-state index contributed by atoms with van der Waals surface area (Å²) < 4.78 is 45.2. The third-order valence-electron chi connectivity index (χ3n) is 5.10. The van der Waals surface area contributed by atoms with Crippen molar-refractivity contribution in [2.24, 2.45) is 4.99 Å². The van der Waals surface area contributed by atoms with Gasteiger partial charge in [0.2, 0.25) is 0 Å². The summed E-state index contributed by atoms with van der Waals surface area (Å²) in [6, 6.07) is 4.53. The van der Waals surface area contributed by atoms with E-state index >= 15 is 0 Å². The van der Waals surface area contributed by atoms with Crippen LogP contribution in [0.25, 0.3) is 0 Å². The Hall–Kier alpha value is -0.790. The number of nitrogens with zero attached hydrogens (tertiary/aromatic N) is 1. The van der Waals surface area contributed by atoms with E-state index in [1.807, 2.05) is 0 Å². The SMILES string of the molecule is CO[C@H]1C[C@]2(C1)C(C)=N[C@](C)(c1cc(Br)ccc1F)CS2(=O)=O. The first-order valence-electron chi connectivity index (χ1n) is 7.41. The fourth-order valence-corrected chi connectivity index (χ4v) is 6.65.